The molecule has 0 aliphatic carbocycles. The number of hydrazine groups is 1. The molecule has 0 fully saturated rings. The first-order valence-corrected chi connectivity index (χ1v) is 6.45. The molecule has 1 rings (SSSR count). The number of ether oxygens (including phenoxy) is 2. The zero-order chi connectivity index (χ0) is 15.2. The lowest BCUT2D eigenvalue weighted by molar-refractivity contribution is -0.145. The van der Waals surface area contributed by atoms with Crippen molar-refractivity contribution in [3.63, 3.8) is 0 Å². The molecule has 20 heavy (non-hydrogen) atoms. The number of benzene rings is 1. The van der Waals surface area contributed by atoms with E-state index in [0.717, 1.165) is 5.56 Å². The number of rotatable bonds is 8. The van der Waals surface area contributed by atoms with E-state index in [4.69, 9.17) is 15.3 Å². The van der Waals surface area contributed by atoms with E-state index in [9.17, 15) is 9.90 Å². The van der Waals surface area contributed by atoms with E-state index >= 15 is 0 Å². The summed E-state index contributed by atoms with van der Waals surface area (Å²) in [5.41, 5.74) is 2.10. The first-order valence-electron chi connectivity index (χ1n) is 6.45. The van der Waals surface area contributed by atoms with E-state index in [-0.39, 0.29) is 6.42 Å². The van der Waals surface area contributed by atoms with Crippen LogP contribution in [0.15, 0.2) is 18.2 Å². The van der Waals surface area contributed by atoms with Gasteiger partial charge in [0.1, 0.15) is 5.54 Å². The van der Waals surface area contributed by atoms with Crippen LogP contribution in [-0.4, -0.2) is 30.8 Å². The molecule has 0 aliphatic rings. The summed E-state index contributed by atoms with van der Waals surface area (Å²) in [5, 5.41) is 9.45. The zero-order valence-corrected chi connectivity index (χ0v) is 12.1. The lowest BCUT2D eigenvalue weighted by Gasteiger charge is -2.28. The van der Waals surface area contributed by atoms with Crippen molar-refractivity contribution in [1.29, 1.82) is 0 Å². The average Bonchev–Trinajstić information content (AvgIpc) is 2.46. The summed E-state index contributed by atoms with van der Waals surface area (Å²) in [7, 11) is 3.09. The van der Waals surface area contributed by atoms with Gasteiger partial charge in [0.25, 0.3) is 0 Å². The van der Waals surface area contributed by atoms with Crippen molar-refractivity contribution >= 4 is 5.97 Å². The van der Waals surface area contributed by atoms with Gasteiger partial charge in [-0.25, -0.2) is 5.43 Å². The topological polar surface area (TPSA) is 93.8 Å². The SMILES string of the molecule is CCCC(Cc1ccc(OC)c(OC)c1)(NN)C(=O)O. The summed E-state index contributed by atoms with van der Waals surface area (Å²) in [6, 6.07) is 5.33. The van der Waals surface area contributed by atoms with Crippen LogP contribution in [0.25, 0.3) is 0 Å². The van der Waals surface area contributed by atoms with E-state index in [2.05, 4.69) is 5.43 Å². The van der Waals surface area contributed by atoms with Gasteiger partial charge in [0, 0.05) is 6.42 Å². The fourth-order valence-electron chi connectivity index (χ4n) is 2.22. The molecular weight excluding hydrogens is 260 g/mol. The zero-order valence-electron chi connectivity index (χ0n) is 12.1. The summed E-state index contributed by atoms with van der Waals surface area (Å²) in [6.45, 7) is 1.92. The Kier molecular flexibility index (Phi) is 5.79. The first kappa shape index (κ1) is 16.3. The smallest absolute Gasteiger partial charge is 0.325 e. The summed E-state index contributed by atoms with van der Waals surface area (Å²) >= 11 is 0. The Hall–Kier alpha value is -1.79. The molecule has 0 spiro atoms. The monoisotopic (exact) mass is 282 g/mol. The van der Waals surface area contributed by atoms with Gasteiger partial charge in [-0.2, -0.15) is 0 Å². The highest BCUT2D eigenvalue weighted by atomic mass is 16.5. The van der Waals surface area contributed by atoms with E-state index in [1.165, 1.54) is 0 Å². The number of aliphatic carboxylic acids is 1. The standard InChI is InChI=1S/C14H22N2O4/c1-4-7-14(16-15,13(17)18)9-10-5-6-11(19-2)12(8-10)20-3/h5-6,8,16H,4,7,9,15H2,1-3H3,(H,17,18). The van der Waals surface area contributed by atoms with Gasteiger partial charge in [0.05, 0.1) is 14.2 Å². The van der Waals surface area contributed by atoms with Gasteiger partial charge >= 0.3 is 5.97 Å². The van der Waals surface area contributed by atoms with Crippen LogP contribution in [0, 0.1) is 0 Å². The Morgan fingerprint density at radius 1 is 1.35 bits per heavy atom. The van der Waals surface area contributed by atoms with Gasteiger partial charge in [0.15, 0.2) is 11.5 Å². The molecule has 6 nitrogen and oxygen atoms in total. The minimum Gasteiger partial charge on any atom is -0.493 e. The van der Waals surface area contributed by atoms with Crippen LogP contribution < -0.4 is 20.7 Å². The molecule has 0 aliphatic heterocycles. The molecule has 1 aromatic rings. The minimum absolute atomic E-state index is 0.271. The molecule has 0 bridgehead atoms. The normalized spacial score (nSPS) is 13.6. The number of hydrogen-bond acceptors (Lipinski definition) is 5. The Labute approximate surface area is 118 Å². The summed E-state index contributed by atoms with van der Waals surface area (Å²) in [6.07, 6.45) is 1.42. The predicted molar refractivity (Wildman–Crippen MR) is 75.8 cm³/mol. The largest absolute Gasteiger partial charge is 0.493 e. The maximum atomic E-state index is 11.5. The maximum Gasteiger partial charge on any atom is 0.325 e. The molecule has 0 amide bonds. The van der Waals surface area contributed by atoms with Crippen LogP contribution in [0.4, 0.5) is 0 Å². The Bertz CT molecular complexity index is 464. The van der Waals surface area contributed by atoms with Gasteiger partial charge in [-0.15, -0.1) is 0 Å². The lowest BCUT2D eigenvalue weighted by atomic mass is 9.87. The number of nitrogens with two attached hydrogens (primary N) is 1. The molecular formula is C14H22N2O4. The molecule has 0 aromatic heterocycles. The van der Waals surface area contributed by atoms with Crippen LogP contribution in [0.3, 0.4) is 0 Å². The van der Waals surface area contributed by atoms with Crippen LogP contribution in [-0.2, 0) is 11.2 Å². The van der Waals surface area contributed by atoms with Crippen molar-refractivity contribution in [3.8, 4) is 11.5 Å². The number of methoxy groups -OCH3 is 2. The molecule has 4 N–H and O–H groups in total. The predicted octanol–water partition coefficient (Wildman–Crippen LogP) is 1.33. The maximum absolute atomic E-state index is 11.5. The number of carbonyl (C=O) groups is 1. The second kappa shape index (κ2) is 7.12. The third-order valence-corrected chi connectivity index (χ3v) is 3.32. The molecule has 1 unspecified atom stereocenters. The third-order valence-electron chi connectivity index (χ3n) is 3.32. The first-order chi connectivity index (χ1) is 9.52. The fourth-order valence-corrected chi connectivity index (χ4v) is 2.22. The van der Waals surface area contributed by atoms with Crippen LogP contribution in [0.1, 0.15) is 25.3 Å². The van der Waals surface area contributed by atoms with E-state index in [0.29, 0.717) is 24.3 Å². The second-order valence-electron chi connectivity index (χ2n) is 4.65. The highest BCUT2D eigenvalue weighted by Gasteiger charge is 2.36. The molecule has 0 saturated carbocycles. The van der Waals surface area contributed by atoms with Gasteiger partial charge < -0.3 is 14.6 Å². The number of hydrogen-bond donors (Lipinski definition) is 3. The Morgan fingerprint density at radius 3 is 2.45 bits per heavy atom. The second-order valence-corrected chi connectivity index (χ2v) is 4.65. The van der Waals surface area contributed by atoms with Gasteiger partial charge in [-0.05, 0) is 24.1 Å². The number of carboxylic acid groups (broad SMARTS) is 1. The minimum atomic E-state index is -1.17. The van der Waals surface area contributed by atoms with Crippen molar-refractivity contribution in [2.45, 2.75) is 31.7 Å². The van der Waals surface area contributed by atoms with Crippen LogP contribution >= 0.6 is 0 Å². The molecule has 112 valence electrons. The fraction of sp³-hybridized carbons (Fsp3) is 0.500. The molecule has 0 radical (unpaired) electrons. The third kappa shape index (κ3) is 3.40. The Balaban J connectivity index is 3.08. The van der Waals surface area contributed by atoms with Crippen molar-refractivity contribution < 1.29 is 19.4 Å². The van der Waals surface area contributed by atoms with E-state index in [1.807, 2.05) is 13.0 Å². The van der Waals surface area contributed by atoms with Crippen LogP contribution in [0.5, 0.6) is 11.5 Å². The number of carboxylic acids is 1. The Morgan fingerprint density at radius 2 is 2.00 bits per heavy atom. The highest BCUT2D eigenvalue weighted by Crippen LogP contribution is 2.29. The molecule has 1 aromatic carbocycles. The summed E-state index contributed by atoms with van der Waals surface area (Å²) in [5.74, 6) is 5.69. The van der Waals surface area contributed by atoms with Crippen molar-refractivity contribution in [3.05, 3.63) is 23.8 Å². The average molecular weight is 282 g/mol. The van der Waals surface area contributed by atoms with Gasteiger partial charge in [-0.1, -0.05) is 19.4 Å². The van der Waals surface area contributed by atoms with Crippen molar-refractivity contribution in [2.24, 2.45) is 5.84 Å². The molecule has 1 atom stereocenters. The van der Waals surface area contributed by atoms with Gasteiger partial charge in [-0.3, -0.25) is 10.6 Å². The van der Waals surface area contributed by atoms with E-state index in [1.54, 1.807) is 26.4 Å². The van der Waals surface area contributed by atoms with Gasteiger partial charge in [0.2, 0.25) is 0 Å². The summed E-state index contributed by atoms with van der Waals surface area (Å²) in [4.78, 5) is 11.5. The van der Waals surface area contributed by atoms with Crippen molar-refractivity contribution in [1.82, 2.24) is 5.43 Å². The van der Waals surface area contributed by atoms with Crippen LogP contribution in [0.2, 0.25) is 0 Å². The van der Waals surface area contributed by atoms with Crippen molar-refractivity contribution in [2.75, 3.05) is 14.2 Å². The highest BCUT2D eigenvalue weighted by molar-refractivity contribution is 5.79. The lowest BCUT2D eigenvalue weighted by Crippen LogP contribution is -2.57. The summed E-state index contributed by atoms with van der Waals surface area (Å²) < 4.78 is 10.4. The molecule has 6 heteroatoms. The molecule has 0 saturated heterocycles. The number of nitrogens with one attached hydrogen (secondary N) is 1. The quantitative estimate of drug-likeness (QED) is 0.492. The van der Waals surface area contributed by atoms with E-state index < -0.39 is 11.5 Å². The molecule has 0 heterocycles.